The quantitative estimate of drug-likeness (QED) is 0.762. The molecule has 0 saturated heterocycles. The fourth-order valence-electron chi connectivity index (χ4n) is 1.61. The number of hydrogen-bond donors (Lipinski definition) is 2. The average molecular weight is 340 g/mol. The van der Waals surface area contributed by atoms with E-state index in [2.05, 4.69) is 4.72 Å². The molecule has 1 aromatic heterocycles. The van der Waals surface area contributed by atoms with Crippen molar-refractivity contribution in [1.82, 2.24) is 4.72 Å². The fraction of sp³-hybridized carbons (Fsp3) is 0.583. The second-order valence-electron chi connectivity index (χ2n) is 5.26. The van der Waals surface area contributed by atoms with E-state index in [0.29, 0.717) is 17.2 Å². The fourth-order valence-corrected chi connectivity index (χ4v) is 4.17. The molecule has 0 saturated carbocycles. The van der Waals surface area contributed by atoms with Crippen LogP contribution in [0.25, 0.3) is 0 Å². The molecule has 114 valence electrons. The molecule has 1 rings (SSSR count). The summed E-state index contributed by atoms with van der Waals surface area (Å²) in [4.78, 5) is 10.5. The highest BCUT2D eigenvalue weighted by molar-refractivity contribution is 7.91. The summed E-state index contributed by atoms with van der Waals surface area (Å²) in [6.45, 7) is 4.11. The third-order valence-corrected chi connectivity index (χ3v) is 6.11. The molecular weight excluding hydrogens is 322 g/mol. The molecule has 0 amide bonds. The Hall–Kier alpha value is -0.630. The first kappa shape index (κ1) is 17.4. The summed E-state index contributed by atoms with van der Waals surface area (Å²) in [5.74, 6) is -0.841. The van der Waals surface area contributed by atoms with Crippen LogP contribution in [0.5, 0.6) is 0 Å². The van der Waals surface area contributed by atoms with Gasteiger partial charge in [0.1, 0.15) is 4.21 Å². The number of nitrogens with one attached hydrogen (secondary N) is 1. The Morgan fingerprint density at radius 2 is 2.05 bits per heavy atom. The number of carboxylic acid groups (broad SMARTS) is 1. The number of hydrogen-bond acceptors (Lipinski definition) is 4. The molecule has 0 bridgehead atoms. The molecule has 0 aliphatic rings. The molecule has 0 unspecified atom stereocenters. The lowest BCUT2D eigenvalue weighted by molar-refractivity contribution is -0.137. The topological polar surface area (TPSA) is 83.5 Å². The van der Waals surface area contributed by atoms with Crippen LogP contribution in [0.15, 0.2) is 16.3 Å². The lowest BCUT2D eigenvalue weighted by atomic mass is 9.84. The van der Waals surface area contributed by atoms with Gasteiger partial charge < -0.3 is 5.11 Å². The van der Waals surface area contributed by atoms with E-state index in [1.807, 2.05) is 13.8 Å². The van der Waals surface area contributed by atoms with Gasteiger partial charge in [0.05, 0.1) is 4.34 Å². The van der Waals surface area contributed by atoms with E-state index < -0.39 is 16.0 Å². The van der Waals surface area contributed by atoms with Crippen molar-refractivity contribution in [3.8, 4) is 0 Å². The van der Waals surface area contributed by atoms with E-state index in [0.717, 1.165) is 11.3 Å². The molecule has 0 aliphatic carbocycles. The van der Waals surface area contributed by atoms with Crippen molar-refractivity contribution in [3.05, 3.63) is 16.5 Å². The number of thiophene rings is 1. The normalized spacial score (nSPS) is 12.6. The number of rotatable bonds is 8. The second-order valence-corrected chi connectivity index (χ2v) is 8.97. The van der Waals surface area contributed by atoms with Gasteiger partial charge in [-0.05, 0) is 30.4 Å². The van der Waals surface area contributed by atoms with Crippen LogP contribution in [-0.2, 0) is 14.8 Å². The van der Waals surface area contributed by atoms with Gasteiger partial charge in [-0.3, -0.25) is 4.79 Å². The summed E-state index contributed by atoms with van der Waals surface area (Å²) in [6.07, 6.45) is 1.16. The van der Waals surface area contributed by atoms with E-state index in [1.54, 1.807) is 0 Å². The number of halogens is 1. The first-order valence-corrected chi connectivity index (χ1v) is 8.77. The number of sulfonamides is 1. The standard InChI is InChI=1S/C12H18ClNO4S2/c1-12(2,6-5-10(15)16)7-8-14-20(17,18)11-4-3-9(13)19-11/h3-4,14H,5-8H2,1-2H3,(H,15,16). The van der Waals surface area contributed by atoms with Crippen molar-refractivity contribution in [2.24, 2.45) is 5.41 Å². The van der Waals surface area contributed by atoms with Gasteiger partial charge in [-0.25, -0.2) is 13.1 Å². The molecule has 0 aromatic carbocycles. The van der Waals surface area contributed by atoms with Gasteiger partial charge in [0.25, 0.3) is 0 Å². The Bertz CT molecular complexity index is 566. The van der Waals surface area contributed by atoms with E-state index >= 15 is 0 Å². The second kappa shape index (κ2) is 6.89. The molecule has 0 radical (unpaired) electrons. The summed E-state index contributed by atoms with van der Waals surface area (Å²) >= 11 is 6.72. The first-order chi connectivity index (χ1) is 9.12. The third kappa shape index (κ3) is 5.78. The first-order valence-electron chi connectivity index (χ1n) is 6.09. The maximum absolute atomic E-state index is 11.9. The van der Waals surface area contributed by atoms with Gasteiger partial charge >= 0.3 is 5.97 Å². The van der Waals surface area contributed by atoms with Crippen molar-refractivity contribution in [1.29, 1.82) is 0 Å². The maximum atomic E-state index is 11.9. The summed E-state index contributed by atoms with van der Waals surface area (Å²) in [6, 6.07) is 3.00. The van der Waals surface area contributed by atoms with Crippen LogP contribution in [0.3, 0.4) is 0 Å². The highest BCUT2D eigenvalue weighted by Crippen LogP contribution is 2.28. The van der Waals surface area contributed by atoms with E-state index in [-0.39, 0.29) is 22.6 Å². The molecule has 0 aliphatic heterocycles. The minimum Gasteiger partial charge on any atom is -0.481 e. The van der Waals surface area contributed by atoms with Gasteiger partial charge in [-0.1, -0.05) is 25.4 Å². The SMILES string of the molecule is CC(C)(CCNS(=O)(=O)c1ccc(Cl)s1)CCC(=O)O. The molecule has 0 fully saturated rings. The summed E-state index contributed by atoms with van der Waals surface area (Å²) in [7, 11) is -3.53. The highest BCUT2D eigenvalue weighted by atomic mass is 35.5. The van der Waals surface area contributed by atoms with Crippen molar-refractivity contribution < 1.29 is 18.3 Å². The van der Waals surface area contributed by atoms with Gasteiger partial charge in [0, 0.05) is 13.0 Å². The van der Waals surface area contributed by atoms with Gasteiger partial charge in [0.2, 0.25) is 10.0 Å². The largest absolute Gasteiger partial charge is 0.481 e. The zero-order valence-electron chi connectivity index (χ0n) is 11.3. The zero-order valence-corrected chi connectivity index (χ0v) is 13.7. The van der Waals surface area contributed by atoms with Crippen LogP contribution < -0.4 is 4.72 Å². The number of carboxylic acids is 1. The predicted molar refractivity (Wildman–Crippen MR) is 79.8 cm³/mol. The van der Waals surface area contributed by atoms with Crippen LogP contribution in [0.2, 0.25) is 4.34 Å². The van der Waals surface area contributed by atoms with E-state index in [1.165, 1.54) is 12.1 Å². The van der Waals surface area contributed by atoms with Crippen LogP contribution in [0.1, 0.15) is 33.1 Å². The maximum Gasteiger partial charge on any atom is 0.303 e. The monoisotopic (exact) mass is 339 g/mol. The van der Waals surface area contributed by atoms with Crippen LogP contribution in [0.4, 0.5) is 0 Å². The summed E-state index contributed by atoms with van der Waals surface area (Å²) in [5.41, 5.74) is -0.228. The molecule has 0 spiro atoms. The average Bonchev–Trinajstić information content (AvgIpc) is 2.74. The van der Waals surface area contributed by atoms with Gasteiger partial charge in [-0.2, -0.15) is 0 Å². The van der Waals surface area contributed by atoms with Crippen molar-refractivity contribution in [3.63, 3.8) is 0 Å². The van der Waals surface area contributed by atoms with Gasteiger partial charge in [-0.15, -0.1) is 11.3 Å². The lowest BCUT2D eigenvalue weighted by Crippen LogP contribution is -2.28. The smallest absolute Gasteiger partial charge is 0.303 e. The van der Waals surface area contributed by atoms with Crippen molar-refractivity contribution in [2.75, 3.05) is 6.54 Å². The summed E-state index contributed by atoms with van der Waals surface area (Å²) < 4.78 is 27.0. The van der Waals surface area contributed by atoms with E-state index in [9.17, 15) is 13.2 Å². The Balaban J connectivity index is 2.49. The number of aliphatic carboxylic acids is 1. The molecule has 0 atom stereocenters. The molecule has 8 heteroatoms. The Morgan fingerprint density at radius 3 is 2.55 bits per heavy atom. The third-order valence-electron chi connectivity index (χ3n) is 2.92. The lowest BCUT2D eigenvalue weighted by Gasteiger charge is -2.23. The van der Waals surface area contributed by atoms with Crippen molar-refractivity contribution >= 4 is 38.9 Å². The highest BCUT2D eigenvalue weighted by Gasteiger charge is 2.21. The Kier molecular flexibility index (Phi) is 6.00. The predicted octanol–water partition coefficient (Wildman–Crippen LogP) is 2.96. The molecule has 2 N–H and O–H groups in total. The Morgan fingerprint density at radius 1 is 1.40 bits per heavy atom. The number of carbonyl (C=O) groups is 1. The minimum absolute atomic E-state index is 0.0836. The van der Waals surface area contributed by atoms with Gasteiger partial charge in [0.15, 0.2) is 0 Å². The Labute approximate surface area is 128 Å². The van der Waals surface area contributed by atoms with E-state index in [4.69, 9.17) is 16.7 Å². The minimum atomic E-state index is -3.53. The molecule has 1 aromatic rings. The molecule has 1 heterocycles. The van der Waals surface area contributed by atoms with Crippen LogP contribution in [-0.4, -0.2) is 26.0 Å². The van der Waals surface area contributed by atoms with Crippen LogP contribution >= 0.6 is 22.9 Å². The molecule has 5 nitrogen and oxygen atoms in total. The van der Waals surface area contributed by atoms with Crippen molar-refractivity contribution in [2.45, 2.75) is 37.3 Å². The molecule has 20 heavy (non-hydrogen) atoms. The zero-order chi connectivity index (χ0) is 15.4. The molecular formula is C12H18ClNO4S2. The summed E-state index contributed by atoms with van der Waals surface area (Å²) in [5, 5.41) is 8.66. The van der Waals surface area contributed by atoms with Crippen LogP contribution in [0, 0.1) is 5.41 Å².